The van der Waals surface area contributed by atoms with Crippen LogP contribution >= 0.6 is 11.6 Å². The van der Waals surface area contributed by atoms with Gasteiger partial charge in [0.05, 0.1) is 12.8 Å². The summed E-state index contributed by atoms with van der Waals surface area (Å²) in [6.45, 7) is 0. The van der Waals surface area contributed by atoms with Crippen LogP contribution in [0.3, 0.4) is 0 Å². The van der Waals surface area contributed by atoms with Crippen LogP contribution < -0.4 is 10.1 Å². The summed E-state index contributed by atoms with van der Waals surface area (Å²) in [5, 5.41) is 3.56. The molecule has 2 aromatic heterocycles. The molecule has 0 amide bonds. The molecular weight excluding hydrogens is 300 g/mol. The fourth-order valence-electron chi connectivity index (χ4n) is 2.00. The third-order valence-electron chi connectivity index (χ3n) is 3.00. The predicted octanol–water partition coefficient (Wildman–Crippen LogP) is 3.94. The molecule has 0 radical (unpaired) electrons. The number of anilines is 2. The summed E-state index contributed by atoms with van der Waals surface area (Å²) in [6.07, 6.45) is 3.37. The molecule has 2 heterocycles. The van der Waals surface area contributed by atoms with Crippen LogP contribution in [0.5, 0.6) is 5.75 Å². The first-order chi connectivity index (χ1) is 10.8. The molecule has 0 bridgehead atoms. The van der Waals surface area contributed by atoms with Gasteiger partial charge in [0.1, 0.15) is 16.7 Å². The van der Waals surface area contributed by atoms with Crippen LogP contribution in [-0.2, 0) is 0 Å². The number of pyridine rings is 1. The van der Waals surface area contributed by atoms with Crippen LogP contribution in [0.15, 0.2) is 54.9 Å². The van der Waals surface area contributed by atoms with Gasteiger partial charge in [0.2, 0.25) is 0 Å². The van der Waals surface area contributed by atoms with Gasteiger partial charge in [0.25, 0.3) is 0 Å². The van der Waals surface area contributed by atoms with Gasteiger partial charge in [-0.1, -0.05) is 23.7 Å². The third-order valence-corrected chi connectivity index (χ3v) is 3.20. The second-order valence-corrected chi connectivity index (χ2v) is 4.85. The Morgan fingerprint density at radius 1 is 1.05 bits per heavy atom. The zero-order valence-corrected chi connectivity index (χ0v) is 12.6. The van der Waals surface area contributed by atoms with Crippen LogP contribution in [0.4, 0.5) is 11.5 Å². The van der Waals surface area contributed by atoms with E-state index in [1.165, 1.54) is 0 Å². The standard InChI is InChI=1S/C16H13ClN4O/c1-22-13-5-3-2-4-12(13)19-15-10-14(17)20-16(21-15)11-6-8-18-9-7-11/h2-10H,1H3,(H,19,20,21). The fraction of sp³-hybridized carbons (Fsp3) is 0.0625. The Morgan fingerprint density at radius 2 is 1.82 bits per heavy atom. The second kappa shape index (κ2) is 6.41. The SMILES string of the molecule is COc1ccccc1Nc1cc(Cl)nc(-c2ccncc2)n1. The van der Waals surface area contributed by atoms with E-state index in [-0.39, 0.29) is 0 Å². The molecule has 0 unspecified atom stereocenters. The summed E-state index contributed by atoms with van der Waals surface area (Å²) in [4.78, 5) is 12.7. The van der Waals surface area contributed by atoms with E-state index in [9.17, 15) is 0 Å². The lowest BCUT2D eigenvalue weighted by molar-refractivity contribution is 0.417. The molecule has 0 spiro atoms. The number of hydrogen-bond donors (Lipinski definition) is 1. The number of aromatic nitrogens is 3. The van der Waals surface area contributed by atoms with Crippen molar-refractivity contribution in [3.63, 3.8) is 0 Å². The Kier molecular flexibility index (Phi) is 4.16. The van der Waals surface area contributed by atoms with E-state index in [1.54, 1.807) is 25.6 Å². The summed E-state index contributed by atoms with van der Waals surface area (Å²) in [5.74, 6) is 1.85. The Bertz CT molecular complexity index is 780. The Hall–Kier alpha value is -2.66. The van der Waals surface area contributed by atoms with Crippen molar-refractivity contribution in [2.24, 2.45) is 0 Å². The van der Waals surface area contributed by atoms with Crippen molar-refractivity contribution >= 4 is 23.1 Å². The highest BCUT2D eigenvalue weighted by Gasteiger charge is 2.08. The molecule has 1 aromatic carbocycles. The van der Waals surface area contributed by atoms with Gasteiger partial charge in [-0.25, -0.2) is 9.97 Å². The summed E-state index contributed by atoms with van der Waals surface area (Å²) >= 11 is 6.10. The van der Waals surface area contributed by atoms with Gasteiger partial charge in [-0.05, 0) is 24.3 Å². The molecular formula is C16H13ClN4O. The summed E-state index contributed by atoms with van der Waals surface area (Å²) in [7, 11) is 1.62. The Balaban J connectivity index is 1.96. The molecule has 0 aliphatic rings. The van der Waals surface area contributed by atoms with Gasteiger partial charge in [0, 0.05) is 24.0 Å². The van der Waals surface area contributed by atoms with E-state index < -0.39 is 0 Å². The maximum absolute atomic E-state index is 6.10. The molecule has 0 aliphatic heterocycles. The molecule has 3 rings (SSSR count). The van der Waals surface area contributed by atoms with E-state index in [0.29, 0.717) is 16.8 Å². The van der Waals surface area contributed by atoms with Gasteiger partial charge >= 0.3 is 0 Å². The largest absolute Gasteiger partial charge is 0.495 e. The van der Waals surface area contributed by atoms with Crippen molar-refractivity contribution in [2.45, 2.75) is 0 Å². The van der Waals surface area contributed by atoms with Crippen molar-refractivity contribution in [1.29, 1.82) is 0 Å². The molecule has 1 N–H and O–H groups in total. The lowest BCUT2D eigenvalue weighted by Crippen LogP contribution is -1.99. The van der Waals surface area contributed by atoms with Gasteiger partial charge in [-0.15, -0.1) is 0 Å². The van der Waals surface area contributed by atoms with Crippen LogP contribution in [0, 0.1) is 0 Å². The average molecular weight is 313 g/mol. The van der Waals surface area contributed by atoms with Crippen LogP contribution in [-0.4, -0.2) is 22.1 Å². The maximum Gasteiger partial charge on any atom is 0.163 e. The molecule has 0 saturated heterocycles. The highest BCUT2D eigenvalue weighted by atomic mass is 35.5. The number of benzene rings is 1. The molecule has 0 saturated carbocycles. The smallest absolute Gasteiger partial charge is 0.163 e. The monoisotopic (exact) mass is 312 g/mol. The van der Waals surface area contributed by atoms with Crippen molar-refractivity contribution in [3.05, 3.63) is 60.0 Å². The third kappa shape index (κ3) is 3.15. The highest BCUT2D eigenvalue weighted by Crippen LogP contribution is 2.28. The fourth-order valence-corrected chi connectivity index (χ4v) is 2.18. The minimum Gasteiger partial charge on any atom is -0.495 e. The van der Waals surface area contributed by atoms with Gasteiger partial charge in [0.15, 0.2) is 5.82 Å². The molecule has 110 valence electrons. The van der Waals surface area contributed by atoms with E-state index in [1.807, 2.05) is 36.4 Å². The molecule has 0 atom stereocenters. The maximum atomic E-state index is 6.10. The van der Waals surface area contributed by atoms with Crippen molar-refractivity contribution in [3.8, 4) is 17.1 Å². The Morgan fingerprint density at radius 3 is 2.59 bits per heavy atom. The first-order valence-electron chi connectivity index (χ1n) is 6.61. The zero-order chi connectivity index (χ0) is 15.4. The molecule has 6 heteroatoms. The summed E-state index contributed by atoms with van der Waals surface area (Å²) < 4.78 is 5.32. The van der Waals surface area contributed by atoms with Crippen LogP contribution in [0.2, 0.25) is 5.15 Å². The lowest BCUT2D eigenvalue weighted by atomic mass is 10.2. The molecule has 22 heavy (non-hydrogen) atoms. The van der Waals surface area contributed by atoms with Crippen LogP contribution in [0.1, 0.15) is 0 Å². The second-order valence-electron chi connectivity index (χ2n) is 4.46. The predicted molar refractivity (Wildman–Crippen MR) is 86.5 cm³/mol. The number of ether oxygens (including phenoxy) is 1. The number of methoxy groups -OCH3 is 1. The van der Waals surface area contributed by atoms with Gasteiger partial charge in [-0.2, -0.15) is 0 Å². The molecule has 0 fully saturated rings. The first-order valence-corrected chi connectivity index (χ1v) is 6.99. The number of nitrogens with zero attached hydrogens (tertiary/aromatic N) is 3. The van der Waals surface area contributed by atoms with Crippen LogP contribution in [0.25, 0.3) is 11.4 Å². The average Bonchev–Trinajstić information content (AvgIpc) is 2.56. The topological polar surface area (TPSA) is 59.9 Å². The van der Waals surface area contributed by atoms with Crippen molar-refractivity contribution < 1.29 is 4.74 Å². The van der Waals surface area contributed by atoms with E-state index >= 15 is 0 Å². The number of rotatable bonds is 4. The van der Waals surface area contributed by atoms with Crippen molar-refractivity contribution in [2.75, 3.05) is 12.4 Å². The molecule has 5 nitrogen and oxygen atoms in total. The summed E-state index contributed by atoms with van der Waals surface area (Å²) in [6, 6.07) is 12.9. The lowest BCUT2D eigenvalue weighted by Gasteiger charge is -2.11. The van der Waals surface area contributed by atoms with Crippen molar-refractivity contribution in [1.82, 2.24) is 15.0 Å². The highest BCUT2D eigenvalue weighted by molar-refractivity contribution is 6.29. The minimum absolute atomic E-state index is 0.360. The number of halogens is 1. The van der Waals surface area contributed by atoms with E-state index in [4.69, 9.17) is 16.3 Å². The van der Waals surface area contributed by atoms with Gasteiger partial charge < -0.3 is 10.1 Å². The number of para-hydroxylation sites is 2. The van der Waals surface area contributed by atoms with E-state index in [2.05, 4.69) is 20.3 Å². The summed E-state index contributed by atoms with van der Waals surface area (Å²) in [5.41, 5.74) is 1.65. The minimum atomic E-state index is 0.360. The quantitative estimate of drug-likeness (QED) is 0.739. The Labute approximate surface area is 133 Å². The first kappa shape index (κ1) is 14.3. The molecule has 0 aliphatic carbocycles. The molecule has 3 aromatic rings. The number of hydrogen-bond acceptors (Lipinski definition) is 5. The zero-order valence-electron chi connectivity index (χ0n) is 11.8. The number of nitrogens with one attached hydrogen (secondary N) is 1. The van der Waals surface area contributed by atoms with E-state index in [0.717, 1.165) is 17.0 Å². The normalized spacial score (nSPS) is 10.3. The van der Waals surface area contributed by atoms with Gasteiger partial charge in [-0.3, -0.25) is 4.98 Å².